The van der Waals surface area contributed by atoms with E-state index in [0.717, 1.165) is 0 Å². The third kappa shape index (κ3) is 1.63. The summed E-state index contributed by atoms with van der Waals surface area (Å²) in [5.41, 5.74) is 6.22. The number of hydrogen-bond acceptors (Lipinski definition) is 3. The predicted octanol–water partition coefficient (Wildman–Crippen LogP) is 1.64. The molecule has 0 saturated carbocycles. The van der Waals surface area contributed by atoms with Crippen LogP contribution in [0.2, 0.25) is 0 Å². The van der Waals surface area contributed by atoms with Crippen molar-refractivity contribution in [3.05, 3.63) is 36.4 Å². The Kier molecular flexibility index (Phi) is 2.29. The van der Waals surface area contributed by atoms with Gasteiger partial charge in [-0.05, 0) is 12.1 Å². The monoisotopic (exact) mass is 206 g/mol. The molecule has 0 bridgehead atoms. The van der Waals surface area contributed by atoms with Crippen LogP contribution in [0.25, 0.3) is 5.69 Å². The standard InChI is InChI=1S/C10H11FN4/c1-13-10-14-4-5-15(10)7-2-3-9(12)8(11)6-7/h2-6H,12H2,1H3,(H,13,14). The lowest BCUT2D eigenvalue weighted by Crippen LogP contribution is -2.01. The van der Waals surface area contributed by atoms with Crippen molar-refractivity contribution in [1.82, 2.24) is 9.55 Å². The quantitative estimate of drug-likeness (QED) is 0.734. The summed E-state index contributed by atoms with van der Waals surface area (Å²) < 4.78 is 15.0. The smallest absolute Gasteiger partial charge is 0.207 e. The van der Waals surface area contributed by atoms with E-state index in [1.165, 1.54) is 12.1 Å². The molecule has 5 heteroatoms. The van der Waals surface area contributed by atoms with Crippen LogP contribution >= 0.6 is 0 Å². The zero-order chi connectivity index (χ0) is 10.8. The van der Waals surface area contributed by atoms with Crippen LogP contribution in [-0.2, 0) is 0 Å². The van der Waals surface area contributed by atoms with Crippen LogP contribution in [0, 0.1) is 5.82 Å². The number of nitrogens with one attached hydrogen (secondary N) is 1. The number of benzene rings is 1. The fourth-order valence-electron chi connectivity index (χ4n) is 1.36. The van der Waals surface area contributed by atoms with Crippen molar-refractivity contribution in [2.75, 3.05) is 18.1 Å². The van der Waals surface area contributed by atoms with Gasteiger partial charge in [-0.3, -0.25) is 4.57 Å². The molecule has 0 amide bonds. The highest BCUT2D eigenvalue weighted by Gasteiger charge is 2.05. The van der Waals surface area contributed by atoms with E-state index in [2.05, 4.69) is 10.3 Å². The number of imidazole rings is 1. The first-order valence-corrected chi connectivity index (χ1v) is 4.49. The maximum atomic E-state index is 13.2. The van der Waals surface area contributed by atoms with Crippen molar-refractivity contribution in [3.63, 3.8) is 0 Å². The molecule has 15 heavy (non-hydrogen) atoms. The molecule has 1 heterocycles. The molecule has 0 aliphatic carbocycles. The first kappa shape index (κ1) is 9.51. The first-order valence-electron chi connectivity index (χ1n) is 4.49. The topological polar surface area (TPSA) is 55.9 Å². The van der Waals surface area contributed by atoms with Crippen LogP contribution in [-0.4, -0.2) is 16.6 Å². The third-order valence-corrected chi connectivity index (χ3v) is 2.13. The van der Waals surface area contributed by atoms with E-state index in [1.807, 2.05) is 0 Å². The van der Waals surface area contributed by atoms with E-state index in [-0.39, 0.29) is 5.69 Å². The third-order valence-electron chi connectivity index (χ3n) is 2.13. The number of nitrogens with two attached hydrogens (primary N) is 1. The molecule has 0 radical (unpaired) electrons. The molecule has 2 aromatic rings. The number of halogens is 1. The second-order valence-electron chi connectivity index (χ2n) is 3.08. The summed E-state index contributed by atoms with van der Waals surface area (Å²) in [7, 11) is 1.76. The Morgan fingerprint density at radius 3 is 2.93 bits per heavy atom. The summed E-state index contributed by atoms with van der Waals surface area (Å²) in [5, 5.41) is 2.91. The van der Waals surface area contributed by atoms with Gasteiger partial charge in [0, 0.05) is 25.5 Å². The van der Waals surface area contributed by atoms with Gasteiger partial charge >= 0.3 is 0 Å². The normalized spacial score (nSPS) is 10.3. The second kappa shape index (κ2) is 3.61. The Morgan fingerprint density at radius 2 is 2.27 bits per heavy atom. The second-order valence-corrected chi connectivity index (χ2v) is 3.08. The Balaban J connectivity index is 2.50. The van der Waals surface area contributed by atoms with Gasteiger partial charge in [-0.1, -0.05) is 0 Å². The molecular weight excluding hydrogens is 195 g/mol. The number of rotatable bonds is 2. The Morgan fingerprint density at radius 1 is 1.47 bits per heavy atom. The highest BCUT2D eigenvalue weighted by Crippen LogP contribution is 2.18. The van der Waals surface area contributed by atoms with Gasteiger partial charge in [-0.15, -0.1) is 0 Å². The predicted molar refractivity (Wildman–Crippen MR) is 57.5 cm³/mol. The van der Waals surface area contributed by atoms with Crippen LogP contribution in [0.4, 0.5) is 16.0 Å². The minimum Gasteiger partial charge on any atom is -0.396 e. The Labute approximate surface area is 86.5 Å². The minimum atomic E-state index is -0.428. The molecule has 0 saturated heterocycles. The van der Waals surface area contributed by atoms with Crippen molar-refractivity contribution in [1.29, 1.82) is 0 Å². The molecule has 1 aromatic carbocycles. The van der Waals surface area contributed by atoms with Crippen molar-refractivity contribution < 1.29 is 4.39 Å². The SMILES string of the molecule is CNc1nccn1-c1ccc(N)c(F)c1. The lowest BCUT2D eigenvalue weighted by molar-refractivity contribution is 0.631. The molecule has 1 aromatic heterocycles. The molecule has 0 unspecified atom stereocenters. The fraction of sp³-hybridized carbons (Fsp3) is 0.100. The summed E-state index contributed by atoms with van der Waals surface area (Å²) >= 11 is 0. The largest absolute Gasteiger partial charge is 0.396 e. The van der Waals surface area contributed by atoms with E-state index in [0.29, 0.717) is 11.6 Å². The van der Waals surface area contributed by atoms with E-state index in [1.54, 1.807) is 30.1 Å². The van der Waals surface area contributed by atoms with Gasteiger partial charge in [0.05, 0.1) is 11.4 Å². The van der Waals surface area contributed by atoms with Gasteiger partial charge in [0.2, 0.25) is 5.95 Å². The molecule has 4 nitrogen and oxygen atoms in total. The summed E-state index contributed by atoms with van der Waals surface area (Å²) in [6, 6.07) is 4.64. The van der Waals surface area contributed by atoms with Crippen LogP contribution in [0.1, 0.15) is 0 Å². The van der Waals surface area contributed by atoms with Crippen LogP contribution in [0.3, 0.4) is 0 Å². The number of nitrogen functional groups attached to an aromatic ring is 1. The summed E-state index contributed by atoms with van der Waals surface area (Å²) in [5.74, 6) is 0.224. The van der Waals surface area contributed by atoms with Gasteiger partial charge in [-0.25, -0.2) is 9.37 Å². The van der Waals surface area contributed by atoms with Crippen molar-refractivity contribution in [3.8, 4) is 5.69 Å². The molecule has 0 atom stereocenters. The van der Waals surface area contributed by atoms with Crippen molar-refractivity contribution in [2.45, 2.75) is 0 Å². The first-order chi connectivity index (χ1) is 7.22. The summed E-state index contributed by atoms with van der Waals surface area (Å²) in [6.07, 6.45) is 3.39. The number of anilines is 2. The number of nitrogens with zero attached hydrogens (tertiary/aromatic N) is 2. The van der Waals surface area contributed by atoms with Crippen molar-refractivity contribution in [2.24, 2.45) is 0 Å². The highest BCUT2D eigenvalue weighted by atomic mass is 19.1. The molecule has 2 rings (SSSR count). The van der Waals surface area contributed by atoms with Gasteiger partial charge in [0.15, 0.2) is 0 Å². The fourth-order valence-corrected chi connectivity index (χ4v) is 1.36. The zero-order valence-electron chi connectivity index (χ0n) is 8.24. The molecule has 0 aliphatic rings. The zero-order valence-corrected chi connectivity index (χ0v) is 8.24. The van der Waals surface area contributed by atoms with Crippen molar-refractivity contribution >= 4 is 11.6 Å². The van der Waals surface area contributed by atoms with E-state index >= 15 is 0 Å². The van der Waals surface area contributed by atoms with Gasteiger partial charge < -0.3 is 11.1 Å². The highest BCUT2D eigenvalue weighted by molar-refractivity contribution is 5.49. The lowest BCUT2D eigenvalue weighted by Gasteiger charge is -2.07. The van der Waals surface area contributed by atoms with Crippen LogP contribution < -0.4 is 11.1 Å². The number of hydrogen-bond donors (Lipinski definition) is 2. The number of aromatic nitrogens is 2. The summed E-state index contributed by atoms with van der Waals surface area (Å²) in [6.45, 7) is 0. The summed E-state index contributed by atoms with van der Waals surface area (Å²) in [4.78, 5) is 4.06. The minimum absolute atomic E-state index is 0.143. The average Bonchev–Trinajstić information content (AvgIpc) is 2.70. The molecule has 0 spiro atoms. The van der Waals surface area contributed by atoms with E-state index in [9.17, 15) is 4.39 Å². The van der Waals surface area contributed by atoms with Gasteiger partial charge in [0.1, 0.15) is 5.82 Å². The van der Waals surface area contributed by atoms with Crippen LogP contribution in [0.5, 0.6) is 0 Å². The maximum absolute atomic E-state index is 13.2. The molecular formula is C10H11FN4. The Hall–Kier alpha value is -2.04. The lowest BCUT2D eigenvalue weighted by atomic mass is 10.2. The maximum Gasteiger partial charge on any atom is 0.207 e. The molecule has 0 fully saturated rings. The van der Waals surface area contributed by atoms with Gasteiger partial charge in [-0.2, -0.15) is 0 Å². The van der Waals surface area contributed by atoms with Gasteiger partial charge in [0.25, 0.3) is 0 Å². The molecule has 78 valence electrons. The molecule has 3 N–H and O–H groups in total. The Bertz CT molecular complexity index is 478. The van der Waals surface area contributed by atoms with E-state index in [4.69, 9.17) is 5.73 Å². The van der Waals surface area contributed by atoms with Crippen LogP contribution in [0.15, 0.2) is 30.6 Å². The molecule has 0 aliphatic heterocycles. The average molecular weight is 206 g/mol. The van der Waals surface area contributed by atoms with E-state index < -0.39 is 5.82 Å².